The first-order chi connectivity index (χ1) is 13.5. The van der Waals surface area contributed by atoms with Crippen molar-refractivity contribution in [2.45, 2.75) is 0 Å². The summed E-state index contributed by atoms with van der Waals surface area (Å²) in [4.78, 5) is 28.9. The van der Waals surface area contributed by atoms with Crippen molar-refractivity contribution in [3.05, 3.63) is 92.8 Å². The van der Waals surface area contributed by atoms with Gasteiger partial charge >= 0.3 is 5.63 Å². The molecule has 0 aliphatic carbocycles. The Morgan fingerprint density at radius 3 is 2.46 bits per heavy atom. The molecule has 0 atom stereocenters. The van der Waals surface area contributed by atoms with Crippen molar-refractivity contribution < 1.29 is 9.21 Å². The van der Waals surface area contributed by atoms with Gasteiger partial charge in [0.15, 0.2) is 0 Å². The van der Waals surface area contributed by atoms with Crippen LogP contribution in [0.5, 0.6) is 0 Å². The van der Waals surface area contributed by atoms with E-state index < -0.39 is 5.63 Å². The Hall–Kier alpha value is -3.15. The predicted molar refractivity (Wildman–Crippen MR) is 110 cm³/mol. The number of carbonyl (C=O) groups excluding carboxylic acids is 1. The van der Waals surface area contributed by atoms with Gasteiger partial charge in [-0.05, 0) is 54.6 Å². The normalized spacial score (nSPS) is 10.8. The fraction of sp³-hybridized carbons (Fsp3) is 0. The average molecular weight is 411 g/mol. The Morgan fingerprint density at radius 1 is 0.964 bits per heavy atom. The van der Waals surface area contributed by atoms with Crippen molar-refractivity contribution in [3.8, 4) is 11.5 Å². The molecule has 5 nitrogen and oxygen atoms in total. The molecular formula is C21H12Cl2N2O3. The van der Waals surface area contributed by atoms with Gasteiger partial charge in [0.1, 0.15) is 0 Å². The van der Waals surface area contributed by atoms with Gasteiger partial charge in [0.05, 0.1) is 21.5 Å². The van der Waals surface area contributed by atoms with Crippen LogP contribution in [0, 0.1) is 0 Å². The van der Waals surface area contributed by atoms with Crippen LogP contribution in [-0.2, 0) is 0 Å². The van der Waals surface area contributed by atoms with E-state index in [1.165, 1.54) is 6.07 Å². The Bertz CT molecular complexity index is 1250. The summed E-state index contributed by atoms with van der Waals surface area (Å²) < 4.78 is 5.31. The maximum Gasteiger partial charge on any atom is 0.347 e. The van der Waals surface area contributed by atoms with E-state index in [4.69, 9.17) is 27.6 Å². The van der Waals surface area contributed by atoms with Crippen LogP contribution in [0.4, 0.5) is 5.69 Å². The highest BCUT2D eigenvalue weighted by Gasteiger charge is 2.12. The van der Waals surface area contributed by atoms with E-state index in [0.717, 1.165) is 0 Å². The third kappa shape index (κ3) is 3.63. The summed E-state index contributed by atoms with van der Waals surface area (Å²) in [5.74, 6) is -0.146. The van der Waals surface area contributed by atoms with Crippen LogP contribution in [0.15, 0.2) is 75.9 Å². The average Bonchev–Trinajstić information content (AvgIpc) is 2.68. The number of carbonyl (C=O) groups is 1. The highest BCUT2D eigenvalue weighted by molar-refractivity contribution is 6.37. The van der Waals surface area contributed by atoms with Gasteiger partial charge in [-0.1, -0.05) is 35.3 Å². The van der Waals surface area contributed by atoms with E-state index in [9.17, 15) is 9.59 Å². The molecule has 1 aromatic heterocycles. The van der Waals surface area contributed by atoms with Crippen LogP contribution in [0.1, 0.15) is 10.4 Å². The number of anilines is 1. The Balaban J connectivity index is 1.59. The molecule has 3 aromatic carbocycles. The lowest BCUT2D eigenvalue weighted by atomic mass is 10.1. The van der Waals surface area contributed by atoms with Crippen molar-refractivity contribution in [2.75, 3.05) is 5.32 Å². The number of hydrogen-bond donors (Lipinski definition) is 1. The molecule has 0 unspecified atom stereocenters. The van der Waals surface area contributed by atoms with Crippen LogP contribution in [-0.4, -0.2) is 10.9 Å². The quantitative estimate of drug-likeness (QED) is 0.489. The molecule has 0 bridgehead atoms. The molecule has 0 spiro atoms. The standard InChI is InChI=1S/C21H12Cl2N2O3/c22-13-7-10-15(17(23)11-13)19(26)24-14-8-5-12(6-9-14)20-25-18-4-2-1-3-16(18)21(27)28-20/h1-11H,(H,24,26). The first-order valence-electron chi connectivity index (χ1n) is 8.28. The third-order valence-electron chi connectivity index (χ3n) is 4.10. The topological polar surface area (TPSA) is 72.2 Å². The summed E-state index contributed by atoms with van der Waals surface area (Å²) in [6, 6.07) is 18.4. The zero-order valence-corrected chi connectivity index (χ0v) is 15.8. The fourth-order valence-electron chi connectivity index (χ4n) is 2.71. The zero-order valence-electron chi connectivity index (χ0n) is 14.3. The Kier molecular flexibility index (Phi) is 4.86. The molecule has 7 heteroatoms. The summed E-state index contributed by atoms with van der Waals surface area (Å²) in [5, 5.41) is 3.91. The van der Waals surface area contributed by atoms with Gasteiger partial charge in [0.25, 0.3) is 5.91 Å². The van der Waals surface area contributed by atoms with Gasteiger partial charge in [0.2, 0.25) is 5.89 Å². The Labute approximate surface area is 169 Å². The molecular weight excluding hydrogens is 399 g/mol. The number of benzene rings is 3. The first kappa shape index (κ1) is 18.2. The summed E-state index contributed by atoms with van der Waals surface area (Å²) >= 11 is 11.9. The van der Waals surface area contributed by atoms with E-state index >= 15 is 0 Å². The van der Waals surface area contributed by atoms with Gasteiger partial charge in [-0.3, -0.25) is 4.79 Å². The molecule has 4 aromatic rings. The number of rotatable bonds is 3. The number of halogens is 2. The number of para-hydroxylation sites is 1. The monoisotopic (exact) mass is 410 g/mol. The maximum atomic E-state index is 12.4. The fourth-order valence-corrected chi connectivity index (χ4v) is 3.20. The van der Waals surface area contributed by atoms with Gasteiger partial charge in [-0.25, -0.2) is 9.78 Å². The maximum absolute atomic E-state index is 12.4. The molecule has 1 amide bonds. The molecule has 0 saturated carbocycles. The number of fused-ring (bicyclic) bond motifs is 1. The molecule has 0 aliphatic rings. The molecule has 28 heavy (non-hydrogen) atoms. The van der Waals surface area contributed by atoms with Crippen molar-refractivity contribution in [2.24, 2.45) is 0 Å². The number of amides is 1. The molecule has 0 aliphatic heterocycles. The minimum absolute atomic E-state index is 0.210. The third-order valence-corrected chi connectivity index (χ3v) is 4.65. The minimum atomic E-state index is -0.449. The SMILES string of the molecule is O=C(Nc1ccc(-c2nc3ccccc3c(=O)o2)cc1)c1ccc(Cl)cc1Cl. The lowest BCUT2D eigenvalue weighted by Gasteiger charge is -2.08. The van der Waals surface area contributed by atoms with E-state index in [1.54, 1.807) is 60.7 Å². The minimum Gasteiger partial charge on any atom is -0.403 e. The van der Waals surface area contributed by atoms with Crippen LogP contribution >= 0.6 is 23.2 Å². The lowest BCUT2D eigenvalue weighted by molar-refractivity contribution is 0.102. The first-order valence-corrected chi connectivity index (χ1v) is 9.03. The lowest BCUT2D eigenvalue weighted by Crippen LogP contribution is -2.12. The van der Waals surface area contributed by atoms with Crippen molar-refractivity contribution in [1.29, 1.82) is 0 Å². The number of nitrogens with one attached hydrogen (secondary N) is 1. The molecule has 138 valence electrons. The molecule has 0 saturated heterocycles. The Morgan fingerprint density at radius 2 is 1.71 bits per heavy atom. The van der Waals surface area contributed by atoms with E-state index in [-0.39, 0.29) is 16.8 Å². The molecule has 1 N–H and O–H groups in total. The van der Waals surface area contributed by atoms with E-state index in [2.05, 4.69) is 10.3 Å². The summed E-state index contributed by atoms with van der Waals surface area (Å²) in [5.41, 5.74) is 1.60. The molecule has 0 radical (unpaired) electrons. The second-order valence-corrected chi connectivity index (χ2v) is 6.82. The van der Waals surface area contributed by atoms with Gasteiger partial charge in [-0.15, -0.1) is 0 Å². The smallest absolute Gasteiger partial charge is 0.347 e. The van der Waals surface area contributed by atoms with Crippen LogP contribution in [0.3, 0.4) is 0 Å². The number of aromatic nitrogens is 1. The second kappa shape index (κ2) is 7.46. The molecule has 4 rings (SSSR count). The van der Waals surface area contributed by atoms with Gasteiger partial charge in [0, 0.05) is 16.3 Å². The summed E-state index contributed by atoms with van der Waals surface area (Å²) in [6.07, 6.45) is 0. The van der Waals surface area contributed by atoms with E-state index in [0.29, 0.717) is 32.7 Å². The van der Waals surface area contributed by atoms with Crippen molar-refractivity contribution in [3.63, 3.8) is 0 Å². The van der Waals surface area contributed by atoms with Crippen LogP contribution in [0.25, 0.3) is 22.4 Å². The summed E-state index contributed by atoms with van der Waals surface area (Å²) in [7, 11) is 0. The van der Waals surface area contributed by atoms with Crippen molar-refractivity contribution >= 4 is 45.7 Å². The summed E-state index contributed by atoms with van der Waals surface area (Å²) in [6.45, 7) is 0. The predicted octanol–water partition coefficient (Wildman–Crippen LogP) is 5.41. The number of hydrogen-bond acceptors (Lipinski definition) is 4. The van der Waals surface area contributed by atoms with Gasteiger partial charge < -0.3 is 9.73 Å². The van der Waals surface area contributed by atoms with Crippen LogP contribution < -0.4 is 10.9 Å². The van der Waals surface area contributed by atoms with Gasteiger partial charge in [-0.2, -0.15) is 0 Å². The molecule has 1 heterocycles. The van der Waals surface area contributed by atoms with Crippen LogP contribution in [0.2, 0.25) is 10.0 Å². The molecule has 0 fully saturated rings. The largest absolute Gasteiger partial charge is 0.403 e. The highest BCUT2D eigenvalue weighted by atomic mass is 35.5. The van der Waals surface area contributed by atoms with E-state index in [1.807, 2.05) is 0 Å². The second-order valence-electron chi connectivity index (χ2n) is 5.98. The zero-order chi connectivity index (χ0) is 19.7. The van der Waals surface area contributed by atoms with Crippen molar-refractivity contribution in [1.82, 2.24) is 4.98 Å². The number of nitrogens with zero attached hydrogens (tertiary/aromatic N) is 1. The highest BCUT2D eigenvalue weighted by Crippen LogP contribution is 2.24.